The van der Waals surface area contributed by atoms with E-state index in [1.165, 1.54) is 18.2 Å². The van der Waals surface area contributed by atoms with Crippen molar-refractivity contribution >= 4 is 21.6 Å². The molecule has 0 amide bonds. The predicted octanol–water partition coefficient (Wildman–Crippen LogP) is 2.52. The Morgan fingerprint density at radius 2 is 1.79 bits per heavy atom. The molecule has 0 atom stereocenters. The van der Waals surface area contributed by atoms with Crippen molar-refractivity contribution < 1.29 is 13.5 Å². The van der Waals surface area contributed by atoms with Crippen molar-refractivity contribution in [3.05, 3.63) is 59.1 Å². The van der Waals surface area contributed by atoms with Gasteiger partial charge in [0.15, 0.2) is 0 Å². The van der Waals surface area contributed by atoms with E-state index in [1.54, 1.807) is 0 Å². The van der Waals surface area contributed by atoms with E-state index in [2.05, 4.69) is 4.72 Å². The van der Waals surface area contributed by atoms with Crippen LogP contribution in [0.2, 0.25) is 5.02 Å². The third-order valence-corrected chi connectivity index (χ3v) is 4.24. The molecule has 100 valence electrons. The van der Waals surface area contributed by atoms with E-state index in [0.717, 1.165) is 5.56 Å². The first-order valence-corrected chi connectivity index (χ1v) is 7.37. The average Bonchev–Trinajstić information content (AvgIpc) is 2.41. The Hall–Kier alpha value is -1.56. The standard InChI is InChI=1S/C13H12ClNO3S/c14-12-8-11(6-7-13(12)16)19(17,18)15-9-10-4-2-1-3-5-10/h1-8,15-16H,9H2. The second-order valence-electron chi connectivity index (χ2n) is 3.92. The van der Waals surface area contributed by atoms with E-state index < -0.39 is 10.0 Å². The fourth-order valence-electron chi connectivity index (χ4n) is 1.51. The SMILES string of the molecule is O=S(=O)(NCc1ccccc1)c1ccc(O)c(Cl)c1. The van der Waals surface area contributed by atoms with E-state index >= 15 is 0 Å². The first-order chi connectivity index (χ1) is 8.99. The van der Waals surface area contributed by atoms with Gasteiger partial charge in [-0.25, -0.2) is 13.1 Å². The van der Waals surface area contributed by atoms with Crippen LogP contribution in [0.3, 0.4) is 0 Å². The highest BCUT2D eigenvalue weighted by atomic mass is 35.5. The van der Waals surface area contributed by atoms with E-state index in [1.807, 2.05) is 30.3 Å². The molecule has 0 aliphatic rings. The van der Waals surface area contributed by atoms with Crippen LogP contribution in [0, 0.1) is 0 Å². The van der Waals surface area contributed by atoms with Gasteiger partial charge in [0.1, 0.15) is 5.75 Å². The number of benzene rings is 2. The number of aromatic hydroxyl groups is 1. The molecule has 0 aromatic heterocycles. The van der Waals surface area contributed by atoms with Crippen molar-refractivity contribution in [3.8, 4) is 5.75 Å². The topological polar surface area (TPSA) is 66.4 Å². The number of rotatable bonds is 4. The molecule has 0 spiro atoms. The smallest absolute Gasteiger partial charge is 0.240 e. The summed E-state index contributed by atoms with van der Waals surface area (Å²) in [5.41, 5.74) is 0.857. The van der Waals surface area contributed by atoms with Gasteiger partial charge in [-0.2, -0.15) is 0 Å². The van der Waals surface area contributed by atoms with Crippen molar-refractivity contribution in [2.45, 2.75) is 11.4 Å². The number of hydrogen-bond donors (Lipinski definition) is 2. The van der Waals surface area contributed by atoms with Gasteiger partial charge in [0.2, 0.25) is 10.0 Å². The molecule has 6 heteroatoms. The van der Waals surface area contributed by atoms with Crippen LogP contribution < -0.4 is 4.72 Å². The van der Waals surface area contributed by atoms with Crippen LogP contribution >= 0.6 is 11.6 Å². The Morgan fingerprint density at radius 1 is 1.11 bits per heavy atom. The summed E-state index contributed by atoms with van der Waals surface area (Å²) >= 11 is 5.69. The highest BCUT2D eigenvalue weighted by Crippen LogP contribution is 2.25. The van der Waals surface area contributed by atoms with Crippen molar-refractivity contribution in [3.63, 3.8) is 0 Å². The quantitative estimate of drug-likeness (QED) is 0.911. The summed E-state index contributed by atoms with van der Waals surface area (Å²) in [5.74, 6) is -0.149. The Balaban J connectivity index is 2.16. The molecule has 0 bridgehead atoms. The Kier molecular flexibility index (Phi) is 4.09. The lowest BCUT2D eigenvalue weighted by Crippen LogP contribution is -2.23. The Morgan fingerprint density at radius 3 is 2.42 bits per heavy atom. The Labute approximate surface area is 116 Å². The lowest BCUT2D eigenvalue weighted by molar-refractivity contribution is 0.475. The van der Waals surface area contributed by atoms with E-state index in [4.69, 9.17) is 11.6 Å². The van der Waals surface area contributed by atoms with E-state index in [9.17, 15) is 13.5 Å². The highest BCUT2D eigenvalue weighted by molar-refractivity contribution is 7.89. The van der Waals surface area contributed by atoms with Crippen LogP contribution in [0.15, 0.2) is 53.4 Å². The monoisotopic (exact) mass is 297 g/mol. The summed E-state index contributed by atoms with van der Waals surface area (Å²) in [6.45, 7) is 0.196. The molecule has 4 nitrogen and oxygen atoms in total. The van der Waals surface area contributed by atoms with Crippen molar-refractivity contribution in [1.82, 2.24) is 4.72 Å². The third kappa shape index (κ3) is 3.47. The summed E-state index contributed by atoms with van der Waals surface area (Å²) in [6, 6.07) is 12.9. The lowest BCUT2D eigenvalue weighted by atomic mass is 10.2. The van der Waals surface area contributed by atoms with Gasteiger partial charge in [-0.05, 0) is 23.8 Å². The van der Waals surface area contributed by atoms with Crippen LogP contribution in [0.25, 0.3) is 0 Å². The van der Waals surface area contributed by atoms with Gasteiger partial charge >= 0.3 is 0 Å². The fourth-order valence-corrected chi connectivity index (χ4v) is 2.80. The van der Waals surface area contributed by atoms with Crippen LogP contribution in [0.4, 0.5) is 0 Å². The number of sulfonamides is 1. The van der Waals surface area contributed by atoms with E-state index in [-0.39, 0.29) is 22.2 Å². The molecule has 2 aromatic rings. The molecule has 0 saturated carbocycles. The zero-order valence-electron chi connectivity index (χ0n) is 9.88. The zero-order valence-corrected chi connectivity index (χ0v) is 11.4. The molecule has 2 aromatic carbocycles. The molecule has 2 N–H and O–H groups in total. The van der Waals surface area contributed by atoms with Crippen molar-refractivity contribution in [2.75, 3.05) is 0 Å². The number of hydrogen-bond acceptors (Lipinski definition) is 3. The lowest BCUT2D eigenvalue weighted by Gasteiger charge is -2.07. The van der Waals surface area contributed by atoms with Gasteiger partial charge in [-0.1, -0.05) is 41.9 Å². The summed E-state index contributed by atoms with van der Waals surface area (Å²) < 4.78 is 26.5. The second kappa shape index (κ2) is 5.61. The summed E-state index contributed by atoms with van der Waals surface area (Å²) in [5, 5.41) is 9.27. The molecule has 0 radical (unpaired) electrons. The van der Waals surface area contributed by atoms with Crippen molar-refractivity contribution in [1.29, 1.82) is 0 Å². The average molecular weight is 298 g/mol. The maximum atomic E-state index is 12.0. The number of phenolic OH excluding ortho intramolecular Hbond substituents is 1. The van der Waals surface area contributed by atoms with Crippen LogP contribution in [-0.4, -0.2) is 13.5 Å². The predicted molar refractivity (Wildman–Crippen MR) is 73.6 cm³/mol. The highest BCUT2D eigenvalue weighted by Gasteiger charge is 2.15. The number of halogens is 1. The minimum atomic E-state index is -3.64. The molecule has 0 unspecified atom stereocenters. The largest absolute Gasteiger partial charge is 0.506 e. The minimum absolute atomic E-state index is 0.00239. The second-order valence-corrected chi connectivity index (χ2v) is 6.10. The van der Waals surface area contributed by atoms with E-state index in [0.29, 0.717) is 0 Å². The molecule has 0 aliphatic carbocycles. The van der Waals surface area contributed by atoms with Crippen molar-refractivity contribution in [2.24, 2.45) is 0 Å². The molecule has 0 saturated heterocycles. The minimum Gasteiger partial charge on any atom is -0.506 e. The maximum absolute atomic E-state index is 12.0. The summed E-state index contributed by atoms with van der Waals surface area (Å²) in [4.78, 5) is 0.0197. The summed E-state index contributed by atoms with van der Waals surface area (Å²) in [6.07, 6.45) is 0. The number of phenols is 1. The van der Waals surface area contributed by atoms with Gasteiger partial charge in [0, 0.05) is 6.54 Å². The normalized spacial score (nSPS) is 11.4. The third-order valence-electron chi connectivity index (χ3n) is 2.54. The molecule has 0 aliphatic heterocycles. The molecular formula is C13H12ClNO3S. The molecule has 19 heavy (non-hydrogen) atoms. The first-order valence-electron chi connectivity index (χ1n) is 5.51. The fraction of sp³-hybridized carbons (Fsp3) is 0.0769. The molecule has 2 rings (SSSR count). The first kappa shape index (κ1) is 13.9. The van der Waals surface area contributed by atoms with Gasteiger partial charge in [-0.15, -0.1) is 0 Å². The van der Waals surface area contributed by atoms with Crippen LogP contribution in [0.1, 0.15) is 5.56 Å². The van der Waals surface area contributed by atoms with Crippen LogP contribution in [0.5, 0.6) is 5.75 Å². The zero-order chi connectivity index (χ0) is 13.9. The Bertz CT molecular complexity index is 672. The van der Waals surface area contributed by atoms with Crippen LogP contribution in [-0.2, 0) is 16.6 Å². The van der Waals surface area contributed by atoms with Gasteiger partial charge < -0.3 is 5.11 Å². The molecule has 0 heterocycles. The van der Waals surface area contributed by atoms with Gasteiger partial charge in [-0.3, -0.25) is 0 Å². The molecular weight excluding hydrogens is 286 g/mol. The maximum Gasteiger partial charge on any atom is 0.240 e. The summed E-state index contributed by atoms with van der Waals surface area (Å²) in [7, 11) is -3.64. The van der Waals surface area contributed by atoms with Gasteiger partial charge in [0.25, 0.3) is 0 Å². The number of nitrogens with one attached hydrogen (secondary N) is 1. The van der Waals surface area contributed by atoms with Gasteiger partial charge in [0.05, 0.1) is 9.92 Å². The molecule has 0 fully saturated rings.